The van der Waals surface area contributed by atoms with Crippen molar-refractivity contribution in [3.63, 3.8) is 0 Å². The Morgan fingerprint density at radius 1 is 1.06 bits per heavy atom. The topological polar surface area (TPSA) is 62.2 Å². The van der Waals surface area contributed by atoms with E-state index < -0.39 is 17.5 Å². The van der Waals surface area contributed by atoms with Crippen LogP contribution in [0.1, 0.15) is 27.0 Å². The van der Waals surface area contributed by atoms with Gasteiger partial charge in [-0.05, 0) is 49.3 Å². The molecule has 0 aliphatic carbocycles. The van der Waals surface area contributed by atoms with Crippen LogP contribution in [0.2, 0.25) is 0 Å². The van der Waals surface area contributed by atoms with Crippen molar-refractivity contribution in [3.8, 4) is 17.2 Å². The molecule has 0 radical (unpaired) electrons. The lowest BCUT2D eigenvalue weighted by molar-refractivity contribution is 0.0726. The molecule has 0 atom stereocenters. The zero-order chi connectivity index (χ0) is 24.1. The van der Waals surface area contributed by atoms with Gasteiger partial charge in [-0.3, -0.25) is 4.79 Å². The average Bonchev–Trinajstić information content (AvgIpc) is 2.82. The summed E-state index contributed by atoms with van der Waals surface area (Å²) in [6.45, 7) is 2.45. The first-order chi connectivity index (χ1) is 16.4. The second-order valence-corrected chi connectivity index (χ2v) is 8.63. The standard InChI is InChI=1S/C27H29FN2O4/c1-29(2)12-13-33-23-9-8-21-17-30(11-10-20(21)14-23)27(32)26-24(31)15-22(28)16-25(26)34-18-19-6-4-3-5-7-19/h3-9,14-16,31H,10-13,17-18H2,1-2H3. The van der Waals surface area contributed by atoms with Gasteiger partial charge < -0.3 is 24.4 Å². The highest BCUT2D eigenvalue weighted by Crippen LogP contribution is 2.33. The van der Waals surface area contributed by atoms with Gasteiger partial charge in [0, 0.05) is 31.8 Å². The van der Waals surface area contributed by atoms with Crippen LogP contribution < -0.4 is 9.47 Å². The fourth-order valence-electron chi connectivity index (χ4n) is 3.93. The number of rotatable bonds is 8. The number of benzene rings is 3. The van der Waals surface area contributed by atoms with Crippen LogP contribution in [0.3, 0.4) is 0 Å². The van der Waals surface area contributed by atoms with Crippen LogP contribution in [0.25, 0.3) is 0 Å². The van der Waals surface area contributed by atoms with Gasteiger partial charge in [-0.2, -0.15) is 0 Å². The normalized spacial score (nSPS) is 13.0. The minimum absolute atomic E-state index is 0.0237. The lowest BCUT2D eigenvalue weighted by Crippen LogP contribution is -2.36. The highest BCUT2D eigenvalue weighted by molar-refractivity contribution is 5.99. The van der Waals surface area contributed by atoms with E-state index in [0.29, 0.717) is 26.1 Å². The minimum atomic E-state index is -0.664. The Labute approximate surface area is 199 Å². The minimum Gasteiger partial charge on any atom is -0.507 e. The number of phenols is 1. The molecular weight excluding hydrogens is 435 g/mol. The largest absolute Gasteiger partial charge is 0.507 e. The summed E-state index contributed by atoms with van der Waals surface area (Å²) in [4.78, 5) is 17.1. The van der Waals surface area contributed by atoms with Crippen molar-refractivity contribution >= 4 is 5.91 Å². The van der Waals surface area contributed by atoms with Crippen molar-refractivity contribution in [2.24, 2.45) is 0 Å². The van der Waals surface area contributed by atoms with Crippen molar-refractivity contribution < 1.29 is 23.8 Å². The molecule has 1 N–H and O–H groups in total. The van der Waals surface area contributed by atoms with E-state index in [1.165, 1.54) is 0 Å². The number of carbonyl (C=O) groups excluding carboxylic acids is 1. The molecule has 0 unspecified atom stereocenters. The van der Waals surface area contributed by atoms with Crippen LogP contribution in [0.5, 0.6) is 17.2 Å². The van der Waals surface area contributed by atoms with Crippen LogP contribution >= 0.6 is 0 Å². The van der Waals surface area contributed by atoms with Gasteiger partial charge in [0.1, 0.15) is 41.8 Å². The summed E-state index contributed by atoms with van der Waals surface area (Å²) >= 11 is 0. The molecule has 0 saturated carbocycles. The third kappa shape index (κ3) is 5.66. The molecule has 1 aliphatic heterocycles. The summed E-state index contributed by atoms with van der Waals surface area (Å²) in [5, 5.41) is 10.4. The Bertz CT molecular complexity index is 1150. The fraction of sp³-hybridized carbons (Fsp3) is 0.296. The molecule has 4 rings (SSSR count). The molecule has 0 fully saturated rings. The number of likely N-dealkylation sites (N-methyl/N-ethyl adjacent to an activating group) is 1. The second-order valence-electron chi connectivity index (χ2n) is 8.63. The monoisotopic (exact) mass is 464 g/mol. The molecular formula is C27H29FN2O4. The van der Waals surface area contributed by atoms with Crippen LogP contribution in [0.4, 0.5) is 4.39 Å². The van der Waals surface area contributed by atoms with Gasteiger partial charge >= 0.3 is 0 Å². The Balaban J connectivity index is 1.49. The number of hydrogen-bond donors (Lipinski definition) is 1. The summed E-state index contributed by atoms with van der Waals surface area (Å²) in [5.74, 6) is -0.640. The zero-order valence-corrected chi connectivity index (χ0v) is 19.5. The number of aromatic hydroxyl groups is 1. The highest BCUT2D eigenvalue weighted by atomic mass is 19.1. The molecule has 3 aromatic carbocycles. The number of halogens is 1. The van der Waals surface area contributed by atoms with Crippen molar-refractivity contribution in [2.45, 2.75) is 19.6 Å². The third-order valence-electron chi connectivity index (χ3n) is 5.78. The number of ether oxygens (including phenoxy) is 2. The van der Waals surface area contributed by atoms with Crippen LogP contribution in [-0.4, -0.2) is 54.6 Å². The summed E-state index contributed by atoms with van der Waals surface area (Å²) in [7, 11) is 4.00. The smallest absolute Gasteiger partial charge is 0.261 e. The van der Waals surface area contributed by atoms with E-state index in [9.17, 15) is 14.3 Å². The van der Waals surface area contributed by atoms with Gasteiger partial charge in [0.15, 0.2) is 0 Å². The summed E-state index contributed by atoms with van der Waals surface area (Å²) in [6.07, 6.45) is 0.661. The fourth-order valence-corrected chi connectivity index (χ4v) is 3.93. The predicted molar refractivity (Wildman–Crippen MR) is 128 cm³/mol. The molecule has 1 aliphatic rings. The average molecular weight is 465 g/mol. The summed E-state index contributed by atoms with van der Waals surface area (Å²) < 4.78 is 25.6. The van der Waals surface area contributed by atoms with Crippen LogP contribution in [0.15, 0.2) is 60.7 Å². The van der Waals surface area contributed by atoms with Gasteiger partial charge in [0.2, 0.25) is 0 Å². The first kappa shape index (κ1) is 23.6. The van der Waals surface area contributed by atoms with Crippen molar-refractivity contribution in [1.82, 2.24) is 9.80 Å². The lowest BCUT2D eigenvalue weighted by Gasteiger charge is -2.30. The SMILES string of the molecule is CN(C)CCOc1ccc2c(c1)CCN(C(=O)c1c(O)cc(F)cc1OCc1ccccc1)C2. The molecule has 3 aromatic rings. The molecule has 0 bridgehead atoms. The molecule has 1 amide bonds. The quantitative estimate of drug-likeness (QED) is 0.540. The summed E-state index contributed by atoms with van der Waals surface area (Å²) in [6, 6.07) is 17.4. The van der Waals surface area contributed by atoms with Crippen molar-refractivity contribution in [2.75, 3.05) is 33.8 Å². The molecule has 0 spiro atoms. The number of carbonyl (C=O) groups is 1. The first-order valence-electron chi connectivity index (χ1n) is 11.3. The molecule has 7 heteroatoms. The molecule has 34 heavy (non-hydrogen) atoms. The van der Waals surface area contributed by atoms with E-state index in [1.54, 1.807) is 4.90 Å². The number of hydrogen-bond acceptors (Lipinski definition) is 5. The molecule has 0 saturated heterocycles. The Morgan fingerprint density at radius 2 is 1.85 bits per heavy atom. The van der Waals surface area contributed by atoms with E-state index in [1.807, 2.05) is 62.6 Å². The zero-order valence-electron chi connectivity index (χ0n) is 19.5. The Morgan fingerprint density at radius 3 is 2.62 bits per heavy atom. The van der Waals surface area contributed by atoms with Gasteiger partial charge in [0.05, 0.1) is 0 Å². The molecule has 178 valence electrons. The number of fused-ring (bicyclic) bond motifs is 1. The number of nitrogens with zero attached hydrogens (tertiary/aromatic N) is 2. The Kier molecular flexibility index (Phi) is 7.33. The van der Waals surface area contributed by atoms with Gasteiger partial charge in [-0.1, -0.05) is 36.4 Å². The van der Waals surface area contributed by atoms with E-state index in [0.717, 1.165) is 41.1 Å². The van der Waals surface area contributed by atoms with Crippen LogP contribution in [0, 0.1) is 5.82 Å². The first-order valence-corrected chi connectivity index (χ1v) is 11.3. The van der Waals surface area contributed by atoms with E-state index in [2.05, 4.69) is 4.90 Å². The maximum atomic E-state index is 14.0. The highest BCUT2D eigenvalue weighted by Gasteiger charge is 2.27. The summed E-state index contributed by atoms with van der Waals surface area (Å²) in [5.41, 5.74) is 3.01. The van der Waals surface area contributed by atoms with Crippen molar-refractivity contribution in [1.29, 1.82) is 0 Å². The lowest BCUT2D eigenvalue weighted by atomic mass is 9.98. The van der Waals surface area contributed by atoms with Gasteiger partial charge in [-0.25, -0.2) is 4.39 Å². The van der Waals surface area contributed by atoms with E-state index in [4.69, 9.17) is 9.47 Å². The van der Waals surface area contributed by atoms with Crippen LogP contribution in [-0.2, 0) is 19.6 Å². The van der Waals surface area contributed by atoms with E-state index >= 15 is 0 Å². The Hall–Kier alpha value is -3.58. The van der Waals surface area contributed by atoms with E-state index in [-0.39, 0.29) is 17.9 Å². The number of amides is 1. The second kappa shape index (κ2) is 10.6. The third-order valence-corrected chi connectivity index (χ3v) is 5.78. The van der Waals surface area contributed by atoms with Gasteiger partial charge in [0.25, 0.3) is 5.91 Å². The molecule has 6 nitrogen and oxygen atoms in total. The predicted octanol–water partition coefficient (Wildman–Crippen LogP) is 4.25. The number of phenolic OH excluding ortho intramolecular Hbond substituents is 1. The van der Waals surface area contributed by atoms with Crippen molar-refractivity contribution in [3.05, 3.63) is 88.7 Å². The molecule has 1 heterocycles. The molecule has 0 aromatic heterocycles. The maximum Gasteiger partial charge on any atom is 0.261 e. The maximum absolute atomic E-state index is 14.0. The van der Waals surface area contributed by atoms with Gasteiger partial charge in [-0.15, -0.1) is 0 Å².